The number of carbonyl (C=O) groups excluding carboxylic acids is 2. The second-order valence-corrected chi connectivity index (χ2v) is 12.2. The summed E-state index contributed by atoms with van der Waals surface area (Å²) in [5, 5.41) is 10.3. The summed E-state index contributed by atoms with van der Waals surface area (Å²) in [6.07, 6.45) is 0.782. The van der Waals surface area contributed by atoms with E-state index in [1.807, 2.05) is 48.5 Å². The summed E-state index contributed by atoms with van der Waals surface area (Å²) in [6.45, 7) is -0.574. The number of thioether (sulfide) groups is 1. The fourth-order valence-electron chi connectivity index (χ4n) is 7.26. The number of hydrogen-bond acceptors (Lipinski definition) is 6. The van der Waals surface area contributed by atoms with E-state index in [9.17, 15) is 24.3 Å². The average Bonchev–Trinajstić information content (AvgIpc) is 3.59. The molecule has 3 fully saturated rings. The Morgan fingerprint density at radius 1 is 0.917 bits per heavy atom. The summed E-state index contributed by atoms with van der Waals surface area (Å²) in [7, 11) is 0. The van der Waals surface area contributed by atoms with Crippen LogP contribution in [0.25, 0.3) is 5.69 Å². The van der Waals surface area contributed by atoms with Gasteiger partial charge in [0.2, 0.25) is 11.8 Å². The molecule has 9 heteroatoms. The number of fused-ring (bicyclic) bond motifs is 9. The highest BCUT2D eigenvalue weighted by Gasteiger charge is 2.69. The monoisotopic (exact) mass is 518 g/mol. The van der Waals surface area contributed by atoms with E-state index in [4.69, 9.17) is 0 Å². The minimum Gasteiger partial charge on any atom is -0.480 e. The number of hydrogen-bond donors (Lipinski definition) is 1. The van der Waals surface area contributed by atoms with Crippen LogP contribution in [0.4, 0.5) is 0 Å². The molecule has 2 aliphatic heterocycles. The van der Waals surface area contributed by atoms with Crippen molar-refractivity contribution in [3.05, 3.63) is 80.8 Å². The minimum atomic E-state index is -1.17. The molecule has 3 aromatic rings. The molecule has 2 aliphatic carbocycles. The first-order chi connectivity index (χ1) is 17.5. The van der Waals surface area contributed by atoms with E-state index in [-0.39, 0.29) is 45.6 Å². The number of rotatable bonds is 4. The molecule has 1 N–H and O–H groups in total. The zero-order valence-corrected chi connectivity index (χ0v) is 20.7. The van der Waals surface area contributed by atoms with E-state index in [1.54, 1.807) is 16.3 Å². The number of aromatic nitrogens is 1. The molecule has 2 bridgehead atoms. The molecule has 1 saturated heterocycles. The van der Waals surface area contributed by atoms with Crippen molar-refractivity contribution < 1.29 is 19.5 Å². The first-order valence-electron chi connectivity index (χ1n) is 12.1. The Kier molecular flexibility index (Phi) is 4.85. The van der Waals surface area contributed by atoms with Crippen LogP contribution in [0.5, 0.6) is 0 Å². The third-order valence-corrected chi connectivity index (χ3v) is 11.1. The fourth-order valence-corrected chi connectivity index (χ4v) is 10.4. The Labute approximate surface area is 214 Å². The van der Waals surface area contributed by atoms with Gasteiger partial charge in [-0.3, -0.25) is 28.6 Å². The third kappa shape index (κ3) is 2.93. The third-order valence-electron chi connectivity index (χ3n) is 8.43. The summed E-state index contributed by atoms with van der Waals surface area (Å²) in [5.74, 6) is -2.79. The zero-order valence-electron chi connectivity index (χ0n) is 19.0. The molecule has 7 rings (SSSR count). The number of carboxylic acids is 1. The Hall–Kier alpha value is -3.17. The minimum absolute atomic E-state index is 0.0199. The van der Waals surface area contributed by atoms with Gasteiger partial charge < -0.3 is 5.11 Å². The molecular formula is C27H22N2O5S2. The van der Waals surface area contributed by atoms with E-state index in [2.05, 4.69) is 12.1 Å². The Bertz CT molecular complexity index is 1470. The number of thiazole rings is 1. The van der Waals surface area contributed by atoms with Crippen LogP contribution in [0.1, 0.15) is 22.8 Å². The van der Waals surface area contributed by atoms with E-state index >= 15 is 0 Å². The smallest absolute Gasteiger partial charge is 0.323 e. The van der Waals surface area contributed by atoms with Crippen molar-refractivity contribution >= 4 is 40.9 Å². The molecule has 2 saturated carbocycles. The molecular weight excluding hydrogens is 496 g/mol. The topological polar surface area (TPSA) is 96.7 Å². The molecule has 182 valence electrons. The molecule has 0 unspecified atom stereocenters. The largest absolute Gasteiger partial charge is 0.480 e. The molecule has 7 atom stereocenters. The van der Waals surface area contributed by atoms with E-state index in [1.165, 1.54) is 11.3 Å². The molecule has 4 aliphatic rings. The molecule has 1 aromatic heterocycles. The zero-order chi connectivity index (χ0) is 24.7. The first kappa shape index (κ1) is 22.1. The maximum Gasteiger partial charge on any atom is 0.323 e. The normalized spacial score (nSPS) is 31.9. The predicted molar refractivity (Wildman–Crippen MR) is 134 cm³/mol. The summed E-state index contributed by atoms with van der Waals surface area (Å²) < 4.78 is 1.79. The maximum atomic E-state index is 13.3. The predicted octanol–water partition coefficient (Wildman–Crippen LogP) is 3.46. The van der Waals surface area contributed by atoms with Crippen LogP contribution in [0.15, 0.2) is 70.5 Å². The van der Waals surface area contributed by atoms with E-state index in [0.29, 0.717) is 0 Å². The number of carbonyl (C=O) groups is 3. The van der Waals surface area contributed by atoms with Crippen LogP contribution in [-0.2, 0) is 14.4 Å². The molecule has 36 heavy (non-hydrogen) atoms. The van der Waals surface area contributed by atoms with Gasteiger partial charge in [-0.1, -0.05) is 59.9 Å². The second kappa shape index (κ2) is 7.91. The van der Waals surface area contributed by atoms with Crippen molar-refractivity contribution in [1.29, 1.82) is 0 Å². The van der Waals surface area contributed by atoms with Crippen LogP contribution in [0.2, 0.25) is 0 Å². The highest BCUT2D eigenvalue weighted by atomic mass is 32.2. The van der Waals surface area contributed by atoms with E-state index in [0.717, 1.165) is 32.5 Å². The average molecular weight is 519 g/mol. The fraction of sp³-hybridized carbons (Fsp3) is 0.333. The van der Waals surface area contributed by atoms with Crippen LogP contribution in [-0.4, -0.2) is 44.2 Å². The first-order valence-corrected chi connectivity index (χ1v) is 13.7. The van der Waals surface area contributed by atoms with Gasteiger partial charge in [0, 0.05) is 16.0 Å². The van der Waals surface area contributed by atoms with Gasteiger partial charge in [0.25, 0.3) is 0 Å². The van der Waals surface area contributed by atoms with Crippen LogP contribution in [0.3, 0.4) is 0 Å². The number of para-hydroxylation sites is 1. The molecule has 0 radical (unpaired) electrons. The molecule has 2 amide bonds. The standard InChI is InChI=1S/C27H22N2O5S2/c30-17(31)12-28-24(32)20-15-11-16(21(20)25(28)33)22-19(15)18(13-7-3-1-4-8-13)23-26(35-22)29(27(34)36-23)14-9-5-2-6-10-14/h1-10,15-16,18-22H,11-12H2,(H,30,31)/t15-,16-,18+,19-,20+,21-,22+/m1/s1. The van der Waals surface area contributed by atoms with Crippen LogP contribution >= 0.6 is 23.1 Å². The van der Waals surface area contributed by atoms with Gasteiger partial charge in [-0.25, -0.2) is 0 Å². The lowest BCUT2D eigenvalue weighted by molar-refractivity contribution is -0.149. The Balaban J connectivity index is 1.38. The highest BCUT2D eigenvalue weighted by Crippen LogP contribution is 2.68. The summed E-state index contributed by atoms with van der Waals surface area (Å²) in [5.41, 5.74) is 1.93. The number of aliphatic carboxylic acids is 1. The SMILES string of the molecule is O=C(O)CN1C(=O)[C@@H]2[C@H]3C[C@@H]([C@@H]2C1=O)[C@@H]1[C@H](c2ccccc2)c2sc(=O)n(-c4ccccc4)c2S[C@@H]31. The quantitative estimate of drug-likeness (QED) is 0.532. The number of carboxylic acid groups (broad SMARTS) is 1. The molecule has 0 spiro atoms. The molecule has 3 heterocycles. The Morgan fingerprint density at radius 2 is 1.56 bits per heavy atom. The summed E-state index contributed by atoms with van der Waals surface area (Å²) >= 11 is 2.95. The molecule has 2 aromatic carbocycles. The van der Waals surface area contributed by atoms with E-state index < -0.39 is 24.3 Å². The number of benzene rings is 2. The van der Waals surface area contributed by atoms with Gasteiger partial charge in [-0.05, 0) is 41.9 Å². The van der Waals surface area contributed by atoms with Crippen molar-refractivity contribution in [1.82, 2.24) is 9.47 Å². The summed E-state index contributed by atoms with van der Waals surface area (Å²) in [4.78, 5) is 53.2. The molecule has 7 nitrogen and oxygen atoms in total. The van der Waals surface area contributed by atoms with Gasteiger partial charge >= 0.3 is 10.8 Å². The van der Waals surface area contributed by atoms with Gasteiger partial charge in [0.1, 0.15) is 6.54 Å². The van der Waals surface area contributed by atoms with Crippen molar-refractivity contribution in [3.63, 3.8) is 0 Å². The van der Waals surface area contributed by atoms with Crippen molar-refractivity contribution in [2.75, 3.05) is 6.54 Å². The lowest BCUT2D eigenvalue weighted by Gasteiger charge is -2.43. The van der Waals surface area contributed by atoms with Gasteiger partial charge in [0.05, 0.1) is 22.5 Å². The van der Waals surface area contributed by atoms with Crippen molar-refractivity contribution in [3.8, 4) is 5.69 Å². The summed E-state index contributed by atoms with van der Waals surface area (Å²) in [6, 6.07) is 19.7. The van der Waals surface area contributed by atoms with Gasteiger partial charge in [-0.2, -0.15) is 0 Å². The highest BCUT2D eigenvalue weighted by molar-refractivity contribution is 8.00. The van der Waals surface area contributed by atoms with Crippen molar-refractivity contribution in [2.45, 2.75) is 22.6 Å². The number of imide groups is 1. The number of amides is 2. The number of likely N-dealkylation sites (tertiary alicyclic amines) is 1. The van der Waals surface area contributed by atoms with Crippen LogP contribution in [0, 0.1) is 29.6 Å². The van der Waals surface area contributed by atoms with Crippen LogP contribution < -0.4 is 4.87 Å². The van der Waals surface area contributed by atoms with Crippen molar-refractivity contribution in [2.24, 2.45) is 29.6 Å². The number of nitrogens with zero attached hydrogens (tertiary/aromatic N) is 2. The lowest BCUT2D eigenvalue weighted by Crippen LogP contribution is -2.43. The second-order valence-electron chi connectivity index (χ2n) is 10.0. The Morgan fingerprint density at radius 3 is 2.22 bits per heavy atom. The van der Waals surface area contributed by atoms with Gasteiger partial charge in [-0.15, -0.1) is 11.8 Å². The lowest BCUT2D eigenvalue weighted by atomic mass is 9.68. The van der Waals surface area contributed by atoms with Gasteiger partial charge in [0.15, 0.2) is 0 Å². The maximum absolute atomic E-state index is 13.3.